The van der Waals surface area contributed by atoms with Crippen LogP contribution in [-0.4, -0.2) is 31.1 Å². The Balaban J connectivity index is 1.57. The van der Waals surface area contributed by atoms with Gasteiger partial charge in [0.2, 0.25) is 5.91 Å². The first-order valence-corrected chi connectivity index (χ1v) is 9.76. The zero-order valence-electron chi connectivity index (χ0n) is 16.7. The van der Waals surface area contributed by atoms with E-state index in [2.05, 4.69) is 10.6 Å². The van der Waals surface area contributed by atoms with Crippen molar-refractivity contribution >= 4 is 29.3 Å². The van der Waals surface area contributed by atoms with Crippen molar-refractivity contribution in [2.24, 2.45) is 0 Å². The number of urea groups is 1. The monoisotopic (exact) mass is 395 g/mol. The van der Waals surface area contributed by atoms with Gasteiger partial charge in [-0.05, 0) is 48.7 Å². The molecule has 3 rings (SSSR count). The normalized spacial score (nSPS) is 12.3. The molecule has 7 nitrogen and oxygen atoms in total. The minimum absolute atomic E-state index is 0.124. The van der Waals surface area contributed by atoms with Gasteiger partial charge in [0.15, 0.2) is 0 Å². The summed E-state index contributed by atoms with van der Waals surface area (Å²) in [7, 11) is 0. The number of carbonyl (C=O) groups excluding carboxylic acids is 3. The van der Waals surface area contributed by atoms with E-state index in [1.54, 1.807) is 31.2 Å². The van der Waals surface area contributed by atoms with Crippen LogP contribution in [0.3, 0.4) is 0 Å². The number of esters is 1. The summed E-state index contributed by atoms with van der Waals surface area (Å²) in [5.41, 5.74) is 3.93. The Bertz CT molecular complexity index is 926. The number of amides is 3. The molecule has 152 valence electrons. The lowest BCUT2D eigenvalue weighted by Gasteiger charge is -2.16. The quantitative estimate of drug-likeness (QED) is 0.733. The van der Waals surface area contributed by atoms with E-state index in [4.69, 9.17) is 4.74 Å². The van der Waals surface area contributed by atoms with Gasteiger partial charge in [0.1, 0.15) is 0 Å². The first kappa shape index (κ1) is 20.4. The van der Waals surface area contributed by atoms with Gasteiger partial charge in [-0.2, -0.15) is 0 Å². The fourth-order valence-corrected chi connectivity index (χ4v) is 3.31. The summed E-state index contributed by atoms with van der Waals surface area (Å²) in [5.74, 6) is -0.302. The van der Waals surface area contributed by atoms with Gasteiger partial charge >= 0.3 is 12.0 Å². The smallest absolute Gasteiger partial charge is 0.338 e. The molecule has 0 unspecified atom stereocenters. The lowest BCUT2D eigenvalue weighted by Crippen LogP contribution is -2.28. The topological polar surface area (TPSA) is 87.7 Å². The van der Waals surface area contributed by atoms with Gasteiger partial charge in [-0.25, -0.2) is 9.59 Å². The number of hydrogen-bond acceptors (Lipinski definition) is 4. The van der Waals surface area contributed by atoms with Gasteiger partial charge in [-0.15, -0.1) is 0 Å². The van der Waals surface area contributed by atoms with E-state index in [0.717, 1.165) is 23.2 Å². The van der Waals surface area contributed by atoms with E-state index in [1.807, 2.05) is 30.0 Å². The SMILES string of the molecule is CCOC(=O)c1cccc(NC(=O)NCc2ccc3c(c2)CCN3C(=O)CC)c1. The Morgan fingerprint density at radius 2 is 1.93 bits per heavy atom. The molecule has 2 aromatic rings. The third-order valence-electron chi connectivity index (χ3n) is 4.73. The van der Waals surface area contributed by atoms with Crippen molar-refractivity contribution in [1.29, 1.82) is 0 Å². The standard InChI is InChI=1S/C22H25N3O4/c1-3-20(26)25-11-10-16-12-15(8-9-19(16)25)14-23-22(28)24-18-7-5-6-17(13-18)21(27)29-4-2/h5-9,12-13H,3-4,10-11,14H2,1-2H3,(H2,23,24,28). The molecular weight excluding hydrogens is 370 g/mol. The molecule has 0 saturated carbocycles. The summed E-state index contributed by atoms with van der Waals surface area (Å²) in [4.78, 5) is 37.8. The highest BCUT2D eigenvalue weighted by Crippen LogP contribution is 2.29. The number of fused-ring (bicyclic) bond motifs is 1. The Labute approximate surface area is 170 Å². The lowest BCUT2D eigenvalue weighted by atomic mass is 10.1. The van der Waals surface area contributed by atoms with Crippen LogP contribution in [0.15, 0.2) is 42.5 Å². The van der Waals surface area contributed by atoms with Crippen LogP contribution in [0, 0.1) is 0 Å². The molecule has 7 heteroatoms. The van der Waals surface area contributed by atoms with E-state index >= 15 is 0 Å². The number of rotatable bonds is 6. The molecular formula is C22H25N3O4. The first-order chi connectivity index (χ1) is 14.0. The zero-order chi connectivity index (χ0) is 20.8. The van der Waals surface area contributed by atoms with Crippen molar-refractivity contribution in [3.05, 3.63) is 59.2 Å². The van der Waals surface area contributed by atoms with Gasteiger partial charge in [-0.3, -0.25) is 4.79 Å². The predicted molar refractivity (Wildman–Crippen MR) is 111 cm³/mol. The van der Waals surface area contributed by atoms with Gasteiger partial charge in [0.05, 0.1) is 12.2 Å². The molecule has 0 aliphatic carbocycles. The van der Waals surface area contributed by atoms with Crippen LogP contribution in [0.1, 0.15) is 41.8 Å². The molecule has 3 amide bonds. The fraction of sp³-hybridized carbons (Fsp3) is 0.318. The summed E-state index contributed by atoms with van der Waals surface area (Å²) in [6, 6.07) is 12.1. The maximum atomic E-state index is 12.2. The minimum Gasteiger partial charge on any atom is -0.462 e. The minimum atomic E-state index is -0.426. The molecule has 1 heterocycles. The lowest BCUT2D eigenvalue weighted by molar-refractivity contribution is -0.118. The van der Waals surface area contributed by atoms with Crippen LogP contribution in [0.2, 0.25) is 0 Å². The maximum Gasteiger partial charge on any atom is 0.338 e. The van der Waals surface area contributed by atoms with Gasteiger partial charge in [0.25, 0.3) is 0 Å². The predicted octanol–water partition coefficient (Wildman–Crippen LogP) is 3.48. The van der Waals surface area contributed by atoms with Crippen LogP contribution in [-0.2, 0) is 22.5 Å². The maximum absolute atomic E-state index is 12.2. The average molecular weight is 395 g/mol. The summed E-state index contributed by atoms with van der Waals surface area (Å²) in [5, 5.41) is 5.53. The van der Waals surface area contributed by atoms with E-state index in [9.17, 15) is 14.4 Å². The van der Waals surface area contributed by atoms with Gasteiger partial charge in [0, 0.05) is 30.9 Å². The summed E-state index contributed by atoms with van der Waals surface area (Å²) in [6.07, 6.45) is 1.31. The highest BCUT2D eigenvalue weighted by molar-refractivity contribution is 5.95. The van der Waals surface area contributed by atoms with Crippen LogP contribution < -0.4 is 15.5 Å². The summed E-state index contributed by atoms with van der Waals surface area (Å²) in [6.45, 7) is 4.96. The Hall–Kier alpha value is -3.35. The van der Waals surface area contributed by atoms with Gasteiger partial charge < -0.3 is 20.3 Å². The molecule has 0 fully saturated rings. The van der Waals surface area contributed by atoms with Crippen LogP contribution in [0.25, 0.3) is 0 Å². The molecule has 0 saturated heterocycles. The third kappa shape index (κ3) is 4.93. The summed E-state index contributed by atoms with van der Waals surface area (Å²) >= 11 is 0. The van der Waals surface area contributed by atoms with Crippen LogP contribution in [0.4, 0.5) is 16.2 Å². The number of hydrogen-bond donors (Lipinski definition) is 2. The molecule has 2 N–H and O–H groups in total. The highest BCUT2D eigenvalue weighted by atomic mass is 16.5. The third-order valence-corrected chi connectivity index (χ3v) is 4.73. The molecule has 0 aromatic heterocycles. The van der Waals surface area contributed by atoms with E-state index in [1.165, 1.54) is 0 Å². The Kier molecular flexibility index (Phi) is 6.49. The van der Waals surface area contributed by atoms with E-state index in [-0.39, 0.29) is 11.9 Å². The first-order valence-electron chi connectivity index (χ1n) is 9.76. The van der Waals surface area contributed by atoms with Crippen LogP contribution >= 0.6 is 0 Å². The van der Waals surface area contributed by atoms with Crippen LogP contribution in [0.5, 0.6) is 0 Å². The van der Waals surface area contributed by atoms with Crippen molar-refractivity contribution in [1.82, 2.24) is 5.32 Å². The van der Waals surface area contributed by atoms with E-state index < -0.39 is 5.97 Å². The molecule has 0 bridgehead atoms. The second-order valence-corrected chi connectivity index (χ2v) is 6.72. The molecule has 0 atom stereocenters. The second-order valence-electron chi connectivity index (χ2n) is 6.72. The van der Waals surface area contributed by atoms with Crippen molar-refractivity contribution in [3.8, 4) is 0 Å². The fourth-order valence-electron chi connectivity index (χ4n) is 3.31. The second kappa shape index (κ2) is 9.23. The molecule has 0 radical (unpaired) electrons. The Morgan fingerprint density at radius 1 is 1.10 bits per heavy atom. The number of nitrogens with one attached hydrogen (secondary N) is 2. The zero-order valence-corrected chi connectivity index (χ0v) is 16.7. The number of anilines is 2. The van der Waals surface area contributed by atoms with Crippen molar-refractivity contribution in [2.75, 3.05) is 23.4 Å². The average Bonchev–Trinajstić information content (AvgIpc) is 3.15. The molecule has 2 aromatic carbocycles. The largest absolute Gasteiger partial charge is 0.462 e. The highest BCUT2D eigenvalue weighted by Gasteiger charge is 2.23. The van der Waals surface area contributed by atoms with Crippen molar-refractivity contribution in [3.63, 3.8) is 0 Å². The molecule has 29 heavy (non-hydrogen) atoms. The number of nitrogens with zero attached hydrogens (tertiary/aromatic N) is 1. The summed E-state index contributed by atoms with van der Waals surface area (Å²) < 4.78 is 4.97. The van der Waals surface area contributed by atoms with Crippen molar-refractivity contribution < 1.29 is 19.1 Å². The van der Waals surface area contributed by atoms with E-state index in [0.29, 0.717) is 37.4 Å². The van der Waals surface area contributed by atoms with Gasteiger partial charge in [-0.1, -0.05) is 25.1 Å². The number of ether oxygens (including phenoxy) is 1. The molecule has 0 spiro atoms. The van der Waals surface area contributed by atoms with Crippen molar-refractivity contribution in [2.45, 2.75) is 33.2 Å². The Morgan fingerprint density at radius 3 is 2.69 bits per heavy atom. The number of benzene rings is 2. The number of carbonyl (C=O) groups is 3. The molecule has 1 aliphatic heterocycles. The molecule has 1 aliphatic rings.